The van der Waals surface area contributed by atoms with Gasteiger partial charge in [0.1, 0.15) is 0 Å². The summed E-state index contributed by atoms with van der Waals surface area (Å²) in [5.41, 5.74) is 2.39. The van der Waals surface area contributed by atoms with Crippen molar-refractivity contribution >= 4 is 11.7 Å². The van der Waals surface area contributed by atoms with Crippen molar-refractivity contribution in [1.82, 2.24) is 0 Å². The summed E-state index contributed by atoms with van der Waals surface area (Å²) in [7, 11) is 0. The molecule has 0 atom stereocenters. The molecule has 3 heteroatoms. The monoisotopic (exact) mass is 221 g/mol. The van der Waals surface area contributed by atoms with Gasteiger partial charge in [-0.15, -0.1) is 0 Å². The highest BCUT2D eigenvalue weighted by atomic mass is 16.4. The van der Waals surface area contributed by atoms with Gasteiger partial charge < -0.3 is 10.4 Å². The van der Waals surface area contributed by atoms with Crippen LogP contribution in [0.4, 0.5) is 5.69 Å². The number of hydrogen-bond acceptors (Lipinski definition) is 2. The van der Waals surface area contributed by atoms with E-state index in [0.717, 1.165) is 5.69 Å². The van der Waals surface area contributed by atoms with E-state index in [0.29, 0.717) is 6.54 Å². The Hall–Kier alpha value is -1.51. The lowest BCUT2D eigenvalue weighted by Crippen LogP contribution is -2.11. The number of rotatable bonds is 4. The maximum atomic E-state index is 10.3. The van der Waals surface area contributed by atoms with Gasteiger partial charge in [0, 0.05) is 12.2 Å². The average molecular weight is 221 g/mol. The third kappa shape index (κ3) is 3.93. The summed E-state index contributed by atoms with van der Waals surface area (Å²) in [5.74, 6) is -0.779. The first-order chi connectivity index (χ1) is 7.39. The van der Waals surface area contributed by atoms with Crippen LogP contribution < -0.4 is 5.32 Å². The SMILES string of the molecule is CC(C)(C)c1ccc(NCCC(=O)O)cc1. The highest BCUT2D eigenvalue weighted by molar-refractivity contribution is 5.67. The molecule has 3 nitrogen and oxygen atoms in total. The Balaban J connectivity index is 2.55. The average Bonchev–Trinajstić information content (AvgIpc) is 2.16. The van der Waals surface area contributed by atoms with Crippen LogP contribution in [0.3, 0.4) is 0 Å². The molecule has 1 aromatic rings. The summed E-state index contributed by atoms with van der Waals surface area (Å²) < 4.78 is 0. The number of carboxylic acid groups (broad SMARTS) is 1. The van der Waals surface area contributed by atoms with Crippen molar-refractivity contribution in [1.29, 1.82) is 0 Å². The Morgan fingerprint density at radius 3 is 2.25 bits per heavy atom. The summed E-state index contributed by atoms with van der Waals surface area (Å²) in [6.07, 6.45) is 0.140. The van der Waals surface area contributed by atoms with Crippen LogP contribution in [0.5, 0.6) is 0 Å². The van der Waals surface area contributed by atoms with Crippen molar-refractivity contribution in [2.45, 2.75) is 32.6 Å². The highest BCUT2D eigenvalue weighted by Crippen LogP contribution is 2.23. The molecule has 16 heavy (non-hydrogen) atoms. The smallest absolute Gasteiger partial charge is 0.305 e. The molecule has 0 saturated heterocycles. The number of aliphatic carboxylic acids is 1. The summed E-state index contributed by atoms with van der Waals surface area (Å²) in [6.45, 7) is 6.96. The summed E-state index contributed by atoms with van der Waals surface area (Å²) in [5, 5.41) is 11.6. The number of benzene rings is 1. The first kappa shape index (κ1) is 12.6. The first-order valence-electron chi connectivity index (χ1n) is 5.46. The van der Waals surface area contributed by atoms with Gasteiger partial charge in [0.25, 0.3) is 0 Å². The molecule has 0 bridgehead atoms. The Kier molecular flexibility index (Phi) is 3.93. The minimum Gasteiger partial charge on any atom is -0.481 e. The Bertz CT molecular complexity index is 349. The first-order valence-corrected chi connectivity index (χ1v) is 5.46. The summed E-state index contributed by atoms with van der Waals surface area (Å²) >= 11 is 0. The van der Waals surface area contributed by atoms with Gasteiger partial charge in [-0.1, -0.05) is 32.9 Å². The lowest BCUT2D eigenvalue weighted by molar-refractivity contribution is -0.136. The van der Waals surface area contributed by atoms with E-state index in [1.807, 2.05) is 12.1 Å². The molecule has 0 unspecified atom stereocenters. The maximum absolute atomic E-state index is 10.3. The summed E-state index contributed by atoms with van der Waals surface area (Å²) in [6, 6.07) is 8.12. The quantitative estimate of drug-likeness (QED) is 0.822. The van der Waals surface area contributed by atoms with Gasteiger partial charge in [0.15, 0.2) is 0 Å². The third-order valence-electron chi connectivity index (χ3n) is 2.42. The molecule has 1 aromatic carbocycles. The van der Waals surface area contributed by atoms with Crippen LogP contribution in [0.25, 0.3) is 0 Å². The van der Waals surface area contributed by atoms with Gasteiger partial charge in [-0.2, -0.15) is 0 Å². The molecule has 0 aliphatic heterocycles. The van der Waals surface area contributed by atoms with Gasteiger partial charge >= 0.3 is 5.97 Å². The summed E-state index contributed by atoms with van der Waals surface area (Å²) in [4.78, 5) is 10.3. The minimum atomic E-state index is -0.779. The molecule has 0 radical (unpaired) electrons. The fraction of sp³-hybridized carbons (Fsp3) is 0.462. The molecule has 0 aliphatic carbocycles. The van der Waals surface area contributed by atoms with Crippen molar-refractivity contribution in [3.8, 4) is 0 Å². The fourth-order valence-electron chi connectivity index (χ4n) is 1.40. The molecule has 0 amide bonds. The molecule has 0 heterocycles. The van der Waals surface area contributed by atoms with Gasteiger partial charge in [0.2, 0.25) is 0 Å². The second-order valence-electron chi connectivity index (χ2n) is 4.90. The largest absolute Gasteiger partial charge is 0.481 e. The number of hydrogen-bond donors (Lipinski definition) is 2. The van der Waals surface area contributed by atoms with Crippen molar-refractivity contribution in [2.24, 2.45) is 0 Å². The van der Waals surface area contributed by atoms with Crippen LogP contribution >= 0.6 is 0 Å². The van der Waals surface area contributed by atoms with Crippen LogP contribution in [-0.4, -0.2) is 17.6 Å². The molecule has 0 aliphatic rings. The topological polar surface area (TPSA) is 49.3 Å². The van der Waals surface area contributed by atoms with Gasteiger partial charge in [-0.25, -0.2) is 0 Å². The molecule has 0 saturated carbocycles. The van der Waals surface area contributed by atoms with Gasteiger partial charge in [0.05, 0.1) is 6.42 Å². The number of carbonyl (C=O) groups is 1. The zero-order chi connectivity index (χ0) is 12.2. The van der Waals surface area contributed by atoms with E-state index in [2.05, 4.69) is 38.2 Å². The third-order valence-corrected chi connectivity index (χ3v) is 2.42. The zero-order valence-electron chi connectivity index (χ0n) is 10.1. The van der Waals surface area contributed by atoms with E-state index < -0.39 is 5.97 Å². The molecule has 88 valence electrons. The molecule has 1 rings (SSSR count). The van der Waals surface area contributed by atoms with Crippen molar-refractivity contribution in [3.05, 3.63) is 29.8 Å². The standard InChI is InChI=1S/C13H19NO2/c1-13(2,3)10-4-6-11(7-5-10)14-9-8-12(15)16/h4-7,14H,8-9H2,1-3H3,(H,15,16). The molecule has 2 N–H and O–H groups in total. The van der Waals surface area contributed by atoms with E-state index in [1.54, 1.807) is 0 Å². The van der Waals surface area contributed by atoms with Crippen LogP contribution in [0, 0.1) is 0 Å². The van der Waals surface area contributed by atoms with E-state index in [1.165, 1.54) is 5.56 Å². The fourth-order valence-corrected chi connectivity index (χ4v) is 1.40. The van der Waals surface area contributed by atoms with Crippen LogP contribution in [0.1, 0.15) is 32.8 Å². The van der Waals surface area contributed by atoms with E-state index in [9.17, 15) is 4.79 Å². The number of anilines is 1. The van der Waals surface area contributed by atoms with Crippen LogP contribution in [0.15, 0.2) is 24.3 Å². The van der Waals surface area contributed by atoms with Crippen molar-refractivity contribution in [3.63, 3.8) is 0 Å². The van der Waals surface area contributed by atoms with Gasteiger partial charge in [-0.05, 0) is 23.1 Å². The lowest BCUT2D eigenvalue weighted by Gasteiger charge is -2.19. The Morgan fingerprint density at radius 2 is 1.81 bits per heavy atom. The highest BCUT2D eigenvalue weighted by Gasteiger charge is 2.12. The predicted molar refractivity (Wildman–Crippen MR) is 65.9 cm³/mol. The number of carboxylic acids is 1. The minimum absolute atomic E-state index is 0.140. The second kappa shape index (κ2) is 5.01. The zero-order valence-corrected chi connectivity index (χ0v) is 10.1. The van der Waals surface area contributed by atoms with E-state index in [4.69, 9.17) is 5.11 Å². The van der Waals surface area contributed by atoms with E-state index >= 15 is 0 Å². The maximum Gasteiger partial charge on any atom is 0.305 e. The lowest BCUT2D eigenvalue weighted by atomic mass is 9.87. The molecule has 0 spiro atoms. The Labute approximate surface area is 96.5 Å². The molecular weight excluding hydrogens is 202 g/mol. The molecule has 0 fully saturated rings. The normalized spacial score (nSPS) is 11.2. The molecular formula is C13H19NO2. The van der Waals surface area contributed by atoms with Crippen LogP contribution in [0.2, 0.25) is 0 Å². The van der Waals surface area contributed by atoms with Crippen molar-refractivity contribution in [2.75, 3.05) is 11.9 Å². The van der Waals surface area contributed by atoms with Crippen LogP contribution in [-0.2, 0) is 10.2 Å². The molecule has 0 aromatic heterocycles. The van der Waals surface area contributed by atoms with E-state index in [-0.39, 0.29) is 11.8 Å². The predicted octanol–water partition coefficient (Wildman–Crippen LogP) is 2.87. The Morgan fingerprint density at radius 1 is 1.25 bits per heavy atom. The second-order valence-corrected chi connectivity index (χ2v) is 4.90. The van der Waals surface area contributed by atoms with Gasteiger partial charge in [-0.3, -0.25) is 4.79 Å². The number of nitrogens with one attached hydrogen (secondary N) is 1. The van der Waals surface area contributed by atoms with Crippen molar-refractivity contribution < 1.29 is 9.90 Å².